The van der Waals surface area contributed by atoms with E-state index in [-0.39, 0.29) is 12.4 Å². The van der Waals surface area contributed by atoms with Gasteiger partial charge in [0.05, 0.1) is 13.1 Å². The van der Waals surface area contributed by atoms with E-state index in [1.165, 1.54) is 244 Å². The Labute approximate surface area is 297 Å². The van der Waals surface area contributed by atoms with Crippen molar-refractivity contribution in [1.82, 2.24) is 4.57 Å². The number of halogens is 1. The number of nitrogens with zero attached hydrogens (tertiary/aromatic N) is 2. The maximum Gasteiger partial charge on any atom is 0.243 e. The van der Waals surface area contributed by atoms with Crippen molar-refractivity contribution in [1.29, 1.82) is 0 Å². The van der Waals surface area contributed by atoms with Gasteiger partial charge in [-0.25, -0.2) is 9.13 Å². The first-order chi connectivity index (χ1) is 22.4. The van der Waals surface area contributed by atoms with Gasteiger partial charge >= 0.3 is 0 Å². The molecule has 0 aromatic carbocycles. The van der Waals surface area contributed by atoms with E-state index in [9.17, 15) is 0 Å². The highest BCUT2D eigenvalue weighted by Gasteiger charge is 2.04. The number of aromatic nitrogens is 2. The third-order valence-corrected chi connectivity index (χ3v) is 10.3. The molecule has 46 heavy (non-hydrogen) atoms. The van der Waals surface area contributed by atoms with Crippen LogP contribution in [0.3, 0.4) is 0 Å². The van der Waals surface area contributed by atoms with Gasteiger partial charge in [-0.05, 0) is 25.7 Å². The number of aryl methyl sites for hydroxylation is 2. The summed E-state index contributed by atoms with van der Waals surface area (Å²) in [4.78, 5) is 0. The van der Waals surface area contributed by atoms with E-state index in [1.54, 1.807) is 0 Å². The normalized spacial score (nSPS) is 11.3. The maximum atomic E-state index is 2.42. The Hall–Kier alpha value is -0.500. The maximum absolute atomic E-state index is 2.42. The van der Waals surface area contributed by atoms with Gasteiger partial charge in [0.15, 0.2) is 0 Å². The molecule has 0 amide bonds. The first kappa shape index (κ1) is 45.5. The predicted molar refractivity (Wildman–Crippen MR) is 202 cm³/mol. The minimum Gasteiger partial charge on any atom is -1.00 e. The smallest absolute Gasteiger partial charge is 0.243 e. The Balaban J connectivity index is 0.0000202. The molecule has 0 N–H and O–H groups in total. The highest BCUT2D eigenvalue weighted by atomic mass is 35.5. The standard InChI is InChI=1S/C43H85N2.ClH/c1-3-5-7-9-11-13-15-17-19-21-23-25-27-29-31-33-35-37-39-44-41-42-45(43-44)40-38-36-34-32-30-28-26-24-22-20-18-16-14-12-10-8-6-4-2;/h41-43H,3-40H2,1-2H3;1H/q+1;/p-1. The van der Waals surface area contributed by atoms with Gasteiger partial charge in [-0.1, -0.05) is 219 Å². The molecule has 0 fully saturated rings. The van der Waals surface area contributed by atoms with Gasteiger partial charge in [0.2, 0.25) is 6.33 Å². The number of unbranched alkanes of at least 4 members (excludes halogenated alkanes) is 34. The average Bonchev–Trinajstić information content (AvgIpc) is 3.51. The summed E-state index contributed by atoms with van der Waals surface area (Å²) >= 11 is 0. The van der Waals surface area contributed by atoms with Gasteiger partial charge in [-0.3, -0.25) is 0 Å². The summed E-state index contributed by atoms with van der Waals surface area (Å²) in [5.74, 6) is 0. The number of hydrogen-bond donors (Lipinski definition) is 0. The molecule has 0 aliphatic heterocycles. The van der Waals surface area contributed by atoms with Crippen molar-refractivity contribution >= 4 is 0 Å². The molecular formula is C43H85ClN2. The van der Waals surface area contributed by atoms with Crippen molar-refractivity contribution in [2.45, 2.75) is 258 Å². The molecule has 274 valence electrons. The minimum absolute atomic E-state index is 0. The lowest BCUT2D eigenvalue weighted by Crippen LogP contribution is -3.00. The fraction of sp³-hybridized carbons (Fsp3) is 0.930. The lowest BCUT2D eigenvalue weighted by atomic mass is 10.0. The summed E-state index contributed by atoms with van der Waals surface area (Å²) in [5, 5.41) is 0. The second-order valence-electron chi connectivity index (χ2n) is 14.9. The highest BCUT2D eigenvalue weighted by Crippen LogP contribution is 2.16. The topological polar surface area (TPSA) is 8.81 Å². The average molecular weight is 666 g/mol. The van der Waals surface area contributed by atoms with Crippen molar-refractivity contribution in [3.05, 3.63) is 18.7 Å². The van der Waals surface area contributed by atoms with Crippen LogP contribution < -0.4 is 17.0 Å². The van der Waals surface area contributed by atoms with E-state index >= 15 is 0 Å². The molecule has 1 aromatic heterocycles. The van der Waals surface area contributed by atoms with E-state index in [4.69, 9.17) is 0 Å². The number of hydrogen-bond acceptors (Lipinski definition) is 0. The van der Waals surface area contributed by atoms with Crippen LogP contribution in [0.15, 0.2) is 18.7 Å². The molecule has 0 unspecified atom stereocenters. The molecular weight excluding hydrogens is 580 g/mol. The fourth-order valence-electron chi connectivity index (χ4n) is 7.10. The first-order valence-electron chi connectivity index (χ1n) is 21.4. The van der Waals surface area contributed by atoms with Crippen LogP contribution in [0.25, 0.3) is 0 Å². The molecule has 2 nitrogen and oxygen atoms in total. The predicted octanol–water partition coefficient (Wildman–Crippen LogP) is 11.9. The zero-order chi connectivity index (χ0) is 32.1. The lowest BCUT2D eigenvalue weighted by Gasteiger charge is -2.04. The highest BCUT2D eigenvalue weighted by molar-refractivity contribution is 4.66. The molecule has 1 heterocycles. The zero-order valence-electron chi connectivity index (χ0n) is 31.9. The number of rotatable bonds is 38. The van der Waals surface area contributed by atoms with Crippen LogP contribution in [0.1, 0.15) is 245 Å². The largest absolute Gasteiger partial charge is 1.00 e. The van der Waals surface area contributed by atoms with Crippen molar-refractivity contribution in [3.8, 4) is 0 Å². The van der Waals surface area contributed by atoms with E-state index in [0.29, 0.717) is 0 Å². The second-order valence-corrected chi connectivity index (χ2v) is 14.9. The Bertz CT molecular complexity index is 617. The SMILES string of the molecule is CCCCCCCCCCCCCCCCCCCCn1cc[n+](CCCCCCCCCCCCCCCCCCCC)c1.[Cl-]. The summed E-state index contributed by atoms with van der Waals surface area (Å²) in [6.07, 6.45) is 59.2. The van der Waals surface area contributed by atoms with Gasteiger partial charge in [0, 0.05) is 0 Å². The molecule has 0 radical (unpaired) electrons. The second kappa shape index (κ2) is 38.9. The monoisotopic (exact) mass is 665 g/mol. The summed E-state index contributed by atoms with van der Waals surface area (Å²) in [7, 11) is 0. The first-order valence-corrected chi connectivity index (χ1v) is 21.4. The Morgan fingerprint density at radius 2 is 0.609 bits per heavy atom. The van der Waals surface area contributed by atoms with Gasteiger partial charge < -0.3 is 12.4 Å². The third-order valence-electron chi connectivity index (χ3n) is 10.3. The Kier molecular flexibility index (Phi) is 38.5. The Morgan fingerprint density at radius 1 is 0.348 bits per heavy atom. The van der Waals surface area contributed by atoms with Crippen LogP contribution in [0, 0.1) is 0 Å². The molecule has 1 rings (SSSR count). The molecule has 0 atom stereocenters. The van der Waals surface area contributed by atoms with Crippen LogP contribution >= 0.6 is 0 Å². The fourth-order valence-corrected chi connectivity index (χ4v) is 7.10. The van der Waals surface area contributed by atoms with E-state index in [0.717, 1.165) is 0 Å². The molecule has 0 aliphatic carbocycles. The van der Waals surface area contributed by atoms with Crippen LogP contribution in [0.5, 0.6) is 0 Å². The molecule has 0 bridgehead atoms. The van der Waals surface area contributed by atoms with Crippen molar-refractivity contribution in [2.24, 2.45) is 0 Å². The molecule has 0 spiro atoms. The van der Waals surface area contributed by atoms with Gasteiger partial charge in [0.1, 0.15) is 12.4 Å². The van der Waals surface area contributed by atoms with Crippen LogP contribution in [-0.2, 0) is 13.1 Å². The van der Waals surface area contributed by atoms with Crippen molar-refractivity contribution in [3.63, 3.8) is 0 Å². The van der Waals surface area contributed by atoms with Gasteiger partial charge in [-0.2, -0.15) is 0 Å². The summed E-state index contributed by atoms with van der Waals surface area (Å²) in [6.45, 7) is 7.01. The third kappa shape index (κ3) is 33.4. The summed E-state index contributed by atoms with van der Waals surface area (Å²) in [5.41, 5.74) is 0. The minimum atomic E-state index is 0. The molecule has 1 aromatic rings. The Morgan fingerprint density at radius 3 is 0.913 bits per heavy atom. The van der Waals surface area contributed by atoms with E-state index in [2.05, 4.69) is 41.7 Å². The number of imidazole rings is 1. The summed E-state index contributed by atoms with van der Waals surface area (Å²) < 4.78 is 4.84. The van der Waals surface area contributed by atoms with Crippen LogP contribution in [0.2, 0.25) is 0 Å². The van der Waals surface area contributed by atoms with Gasteiger partial charge in [-0.15, -0.1) is 0 Å². The van der Waals surface area contributed by atoms with Crippen LogP contribution in [0.4, 0.5) is 0 Å². The van der Waals surface area contributed by atoms with Gasteiger partial charge in [0.25, 0.3) is 0 Å². The molecule has 0 saturated heterocycles. The molecule has 0 aliphatic rings. The zero-order valence-corrected chi connectivity index (χ0v) is 32.6. The molecule has 0 saturated carbocycles. The van der Waals surface area contributed by atoms with Crippen molar-refractivity contribution in [2.75, 3.05) is 0 Å². The van der Waals surface area contributed by atoms with E-state index in [1.807, 2.05) is 0 Å². The summed E-state index contributed by atoms with van der Waals surface area (Å²) in [6, 6.07) is 0. The quantitative estimate of drug-likeness (QED) is 0.0491. The van der Waals surface area contributed by atoms with Crippen LogP contribution in [-0.4, -0.2) is 4.57 Å². The lowest BCUT2D eigenvalue weighted by molar-refractivity contribution is -0.696. The van der Waals surface area contributed by atoms with Crippen molar-refractivity contribution < 1.29 is 17.0 Å². The van der Waals surface area contributed by atoms with E-state index < -0.39 is 0 Å². The molecule has 3 heteroatoms.